The third-order valence-electron chi connectivity index (χ3n) is 3.76. The van der Waals surface area contributed by atoms with Crippen LogP contribution in [0.2, 0.25) is 0 Å². The van der Waals surface area contributed by atoms with E-state index in [1.54, 1.807) is 35.3 Å². The van der Waals surface area contributed by atoms with Crippen LogP contribution in [0, 0.1) is 6.92 Å². The molecule has 1 aromatic carbocycles. The molecule has 0 radical (unpaired) electrons. The van der Waals surface area contributed by atoms with Gasteiger partial charge in [-0.3, -0.25) is 4.68 Å². The SMILES string of the molecule is CS/C(=N\c1ccn(C)n1)SCc1c(C)cccc1-n1nnn(C)c1=O. The largest absolute Gasteiger partial charge is 0.368 e. The van der Waals surface area contributed by atoms with Crippen molar-refractivity contribution in [3.05, 3.63) is 52.1 Å². The Kier molecular flexibility index (Phi) is 5.62. The van der Waals surface area contributed by atoms with E-state index in [0.717, 1.165) is 21.2 Å². The van der Waals surface area contributed by atoms with Crippen molar-refractivity contribution in [1.82, 2.24) is 29.6 Å². The molecule has 0 atom stereocenters. The van der Waals surface area contributed by atoms with Gasteiger partial charge in [0.2, 0.25) is 0 Å². The molecule has 0 saturated heterocycles. The summed E-state index contributed by atoms with van der Waals surface area (Å²) in [6.45, 7) is 2.02. The number of nitrogens with zero attached hydrogens (tertiary/aromatic N) is 7. The molecule has 26 heavy (non-hydrogen) atoms. The second-order valence-electron chi connectivity index (χ2n) is 5.59. The molecule has 2 aromatic heterocycles. The Balaban J connectivity index is 1.89. The topological polar surface area (TPSA) is 82.9 Å². The molecular formula is C16H19N7OS2. The normalized spacial score (nSPS) is 11.9. The van der Waals surface area contributed by atoms with Gasteiger partial charge in [-0.25, -0.2) is 9.79 Å². The van der Waals surface area contributed by atoms with E-state index in [1.807, 2.05) is 50.7 Å². The lowest BCUT2D eigenvalue weighted by Gasteiger charge is -2.11. The van der Waals surface area contributed by atoms with E-state index in [2.05, 4.69) is 20.5 Å². The van der Waals surface area contributed by atoms with Crippen LogP contribution < -0.4 is 5.69 Å². The van der Waals surface area contributed by atoms with Gasteiger partial charge in [0.15, 0.2) is 5.82 Å². The van der Waals surface area contributed by atoms with Gasteiger partial charge < -0.3 is 0 Å². The zero-order valence-electron chi connectivity index (χ0n) is 14.9. The number of thioether (sulfide) groups is 2. The second-order valence-corrected chi connectivity index (χ2v) is 7.60. The van der Waals surface area contributed by atoms with E-state index in [9.17, 15) is 4.79 Å². The fourth-order valence-corrected chi connectivity index (χ4v) is 4.00. The summed E-state index contributed by atoms with van der Waals surface area (Å²) in [4.78, 5) is 16.8. The molecule has 0 spiro atoms. The molecule has 3 rings (SSSR count). The number of benzene rings is 1. The number of tetrazole rings is 1. The number of hydrogen-bond acceptors (Lipinski definition) is 7. The Morgan fingerprint density at radius 2 is 2.04 bits per heavy atom. The smallest absolute Gasteiger partial charge is 0.274 e. The third kappa shape index (κ3) is 3.91. The molecule has 0 fully saturated rings. The Bertz CT molecular complexity index is 1000. The van der Waals surface area contributed by atoms with Gasteiger partial charge in [0.1, 0.15) is 4.38 Å². The maximum atomic E-state index is 12.2. The Hall–Kier alpha value is -2.33. The standard InChI is InChI=1S/C16H19N7OS2/c1-11-6-5-7-13(23-16(24)22(3)19-20-23)12(11)10-26-15(25-4)17-14-8-9-21(2)18-14/h5-9H,10H2,1-4H3/b17-15+. The molecule has 10 heteroatoms. The first-order valence-electron chi connectivity index (χ1n) is 7.82. The zero-order valence-corrected chi connectivity index (χ0v) is 16.6. The highest BCUT2D eigenvalue weighted by Crippen LogP contribution is 2.27. The minimum atomic E-state index is -0.269. The highest BCUT2D eigenvalue weighted by atomic mass is 32.2. The van der Waals surface area contributed by atoms with Crippen molar-refractivity contribution in [3.8, 4) is 5.69 Å². The molecule has 0 saturated carbocycles. The molecule has 136 valence electrons. The third-order valence-corrected chi connectivity index (χ3v) is 5.82. The summed E-state index contributed by atoms with van der Waals surface area (Å²) in [5.74, 6) is 1.34. The quantitative estimate of drug-likeness (QED) is 0.503. The maximum Gasteiger partial charge on any atom is 0.368 e. The highest BCUT2D eigenvalue weighted by Gasteiger charge is 2.14. The molecule has 2 heterocycles. The minimum absolute atomic E-state index is 0.269. The molecule has 0 N–H and O–H groups in total. The Morgan fingerprint density at radius 1 is 1.23 bits per heavy atom. The first kappa shape index (κ1) is 18.5. The minimum Gasteiger partial charge on any atom is -0.274 e. The summed E-state index contributed by atoms with van der Waals surface area (Å²) in [6, 6.07) is 7.69. The van der Waals surface area contributed by atoms with Gasteiger partial charge >= 0.3 is 5.69 Å². The first-order valence-corrected chi connectivity index (χ1v) is 10.0. The van der Waals surface area contributed by atoms with Gasteiger partial charge in [0, 0.05) is 32.1 Å². The Morgan fingerprint density at radius 3 is 2.65 bits per heavy atom. The van der Waals surface area contributed by atoms with Gasteiger partial charge in [-0.05, 0) is 40.8 Å². The first-order chi connectivity index (χ1) is 12.5. The van der Waals surface area contributed by atoms with E-state index in [1.165, 1.54) is 9.36 Å². The lowest BCUT2D eigenvalue weighted by molar-refractivity contribution is 0.692. The van der Waals surface area contributed by atoms with Crippen LogP contribution in [0.25, 0.3) is 5.69 Å². The van der Waals surface area contributed by atoms with Crippen LogP contribution in [-0.4, -0.2) is 40.2 Å². The van der Waals surface area contributed by atoms with Crippen LogP contribution in [0.5, 0.6) is 0 Å². The number of rotatable bonds is 4. The van der Waals surface area contributed by atoms with Gasteiger partial charge in [0.25, 0.3) is 0 Å². The van der Waals surface area contributed by atoms with Crippen LogP contribution >= 0.6 is 23.5 Å². The molecule has 0 aliphatic rings. The van der Waals surface area contributed by atoms with Crippen molar-refractivity contribution in [2.24, 2.45) is 19.1 Å². The Labute approximate surface area is 159 Å². The number of aliphatic imine (C=N–C) groups is 1. The summed E-state index contributed by atoms with van der Waals surface area (Å²) in [7, 11) is 3.45. The number of aromatic nitrogens is 6. The molecule has 0 aliphatic heterocycles. The van der Waals surface area contributed by atoms with Crippen molar-refractivity contribution in [1.29, 1.82) is 0 Å². The lowest BCUT2D eigenvalue weighted by atomic mass is 10.1. The van der Waals surface area contributed by atoms with Crippen molar-refractivity contribution in [2.75, 3.05) is 6.26 Å². The van der Waals surface area contributed by atoms with Crippen molar-refractivity contribution >= 4 is 33.7 Å². The van der Waals surface area contributed by atoms with Crippen molar-refractivity contribution in [3.63, 3.8) is 0 Å². The lowest BCUT2D eigenvalue weighted by Crippen LogP contribution is -2.23. The average Bonchev–Trinajstić information content (AvgIpc) is 3.18. The van der Waals surface area contributed by atoms with E-state index in [-0.39, 0.29) is 5.69 Å². The van der Waals surface area contributed by atoms with Crippen LogP contribution in [0.3, 0.4) is 0 Å². The molecular weight excluding hydrogens is 370 g/mol. The average molecular weight is 390 g/mol. The monoisotopic (exact) mass is 389 g/mol. The second kappa shape index (κ2) is 7.92. The summed E-state index contributed by atoms with van der Waals surface area (Å²) < 4.78 is 5.18. The van der Waals surface area contributed by atoms with Crippen LogP contribution in [0.4, 0.5) is 5.82 Å². The molecule has 0 unspecified atom stereocenters. The zero-order chi connectivity index (χ0) is 18.7. The maximum absolute atomic E-state index is 12.2. The predicted octanol–water partition coefficient (Wildman–Crippen LogP) is 2.29. The molecule has 8 nitrogen and oxygen atoms in total. The highest BCUT2D eigenvalue weighted by molar-refractivity contribution is 8.38. The van der Waals surface area contributed by atoms with Crippen LogP contribution in [0.15, 0.2) is 40.2 Å². The van der Waals surface area contributed by atoms with Gasteiger partial charge in [-0.2, -0.15) is 14.5 Å². The van der Waals surface area contributed by atoms with E-state index in [0.29, 0.717) is 11.6 Å². The summed E-state index contributed by atoms with van der Waals surface area (Å²) in [5, 5.41) is 12.1. The fourth-order valence-electron chi connectivity index (χ4n) is 2.36. The van der Waals surface area contributed by atoms with E-state index in [4.69, 9.17) is 0 Å². The molecule has 0 aliphatic carbocycles. The molecule has 0 amide bonds. The van der Waals surface area contributed by atoms with Crippen molar-refractivity contribution in [2.45, 2.75) is 12.7 Å². The predicted molar refractivity (Wildman–Crippen MR) is 106 cm³/mol. The number of aryl methyl sites for hydroxylation is 3. The van der Waals surface area contributed by atoms with E-state index < -0.39 is 0 Å². The molecule has 0 bridgehead atoms. The summed E-state index contributed by atoms with van der Waals surface area (Å²) in [6.07, 6.45) is 3.85. The summed E-state index contributed by atoms with van der Waals surface area (Å²) in [5.41, 5.74) is 2.59. The van der Waals surface area contributed by atoms with Crippen molar-refractivity contribution < 1.29 is 0 Å². The van der Waals surface area contributed by atoms with Crippen LogP contribution in [-0.2, 0) is 19.8 Å². The van der Waals surface area contributed by atoms with Gasteiger partial charge in [-0.1, -0.05) is 23.9 Å². The molecule has 3 aromatic rings. The van der Waals surface area contributed by atoms with E-state index >= 15 is 0 Å². The van der Waals surface area contributed by atoms with Gasteiger partial charge in [-0.15, -0.1) is 11.8 Å². The van der Waals surface area contributed by atoms with Gasteiger partial charge in [0.05, 0.1) is 5.69 Å². The number of hydrogen-bond donors (Lipinski definition) is 0. The fraction of sp³-hybridized carbons (Fsp3) is 0.312. The summed E-state index contributed by atoms with van der Waals surface area (Å²) >= 11 is 3.18. The van der Waals surface area contributed by atoms with Crippen LogP contribution in [0.1, 0.15) is 11.1 Å².